The van der Waals surface area contributed by atoms with E-state index in [9.17, 15) is 4.79 Å². The molecule has 0 aromatic heterocycles. The van der Waals surface area contributed by atoms with Gasteiger partial charge in [-0.3, -0.25) is 0 Å². The summed E-state index contributed by atoms with van der Waals surface area (Å²) >= 11 is 24.1. The first-order valence-electron chi connectivity index (χ1n) is 9.07. The maximum absolute atomic E-state index is 12.4. The summed E-state index contributed by atoms with van der Waals surface area (Å²) in [6.07, 6.45) is 3.46. The first kappa shape index (κ1) is 21.6. The van der Waals surface area contributed by atoms with Crippen LogP contribution in [-0.2, 0) is 34.9 Å². The maximum atomic E-state index is 12.4. The first-order chi connectivity index (χ1) is 13.4. The normalized spacial score (nSPS) is 14.3. The van der Waals surface area contributed by atoms with Crippen molar-refractivity contribution in [3.05, 3.63) is 61.6 Å². The van der Waals surface area contributed by atoms with Crippen molar-refractivity contribution in [2.24, 2.45) is 0 Å². The van der Waals surface area contributed by atoms with E-state index in [-0.39, 0.29) is 17.4 Å². The van der Waals surface area contributed by atoms with Crippen LogP contribution in [0.25, 0.3) is 0 Å². The zero-order valence-corrected chi connectivity index (χ0v) is 18.4. The molecule has 0 radical (unpaired) electrons. The SMILES string of the molecule is CC(Oc1cc(Cl)c(Cl)cc1Cl)C(=O)OCc1ccc(CCl)c2c1CCCC2. The van der Waals surface area contributed by atoms with E-state index in [4.69, 9.17) is 55.9 Å². The van der Waals surface area contributed by atoms with Gasteiger partial charge in [0.05, 0.1) is 15.1 Å². The molecule has 7 heteroatoms. The zero-order valence-electron chi connectivity index (χ0n) is 15.4. The number of halogens is 4. The Hall–Kier alpha value is -1.13. The van der Waals surface area contributed by atoms with E-state index in [2.05, 4.69) is 0 Å². The van der Waals surface area contributed by atoms with Gasteiger partial charge in [-0.1, -0.05) is 46.9 Å². The van der Waals surface area contributed by atoms with Crippen LogP contribution in [0.3, 0.4) is 0 Å². The van der Waals surface area contributed by atoms with Gasteiger partial charge in [-0.25, -0.2) is 4.79 Å². The summed E-state index contributed by atoms with van der Waals surface area (Å²) in [6.45, 7) is 1.81. The number of carbonyl (C=O) groups is 1. The van der Waals surface area contributed by atoms with Crippen LogP contribution in [-0.4, -0.2) is 12.1 Å². The largest absolute Gasteiger partial charge is 0.477 e. The van der Waals surface area contributed by atoms with Gasteiger partial charge in [-0.2, -0.15) is 0 Å². The quantitative estimate of drug-likeness (QED) is 0.270. The van der Waals surface area contributed by atoms with Crippen LogP contribution in [0.4, 0.5) is 0 Å². The smallest absolute Gasteiger partial charge is 0.347 e. The molecule has 3 nitrogen and oxygen atoms in total. The van der Waals surface area contributed by atoms with Gasteiger partial charge in [0.2, 0.25) is 0 Å². The molecule has 2 aromatic rings. The van der Waals surface area contributed by atoms with Gasteiger partial charge >= 0.3 is 5.97 Å². The molecule has 0 N–H and O–H groups in total. The lowest BCUT2D eigenvalue weighted by Crippen LogP contribution is -2.26. The van der Waals surface area contributed by atoms with Crippen molar-refractivity contribution in [2.45, 2.75) is 51.2 Å². The minimum absolute atomic E-state index is 0.201. The Morgan fingerprint density at radius 3 is 2.29 bits per heavy atom. The van der Waals surface area contributed by atoms with Crippen LogP contribution < -0.4 is 4.74 Å². The molecule has 0 saturated heterocycles. The van der Waals surface area contributed by atoms with Crippen molar-refractivity contribution in [3.63, 3.8) is 0 Å². The summed E-state index contributed by atoms with van der Waals surface area (Å²) in [5.74, 6) is 0.301. The number of hydrogen-bond donors (Lipinski definition) is 0. The first-order valence-corrected chi connectivity index (χ1v) is 10.7. The van der Waals surface area contributed by atoms with Crippen molar-refractivity contribution < 1.29 is 14.3 Å². The molecule has 0 heterocycles. The second-order valence-corrected chi connectivity index (χ2v) is 8.24. The van der Waals surface area contributed by atoms with Crippen LogP contribution in [0.15, 0.2) is 24.3 Å². The molecule has 0 saturated carbocycles. The van der Waals surface area contributed by atoms with Crippen LogP contribution in [0.5, 0.6) is 5.75 Å². The highest BCUT2D eigenvalue weighted by Crippen LogP contribution is 2.34. The van der Waals surface area contributed by atoms with E-state index in [1.165, 1.54) is 23.3 Å². The summed E-state index contributed by atoms with van der Waals surface area (Å²) in [6, 6.07) is 6.98. The Kier molecular flexibility index (Phi) is 7.38. The second-order valence-electron chi connectivity index (χ2n) is 6.75. The van der Waals surface area contributed by atoms with Gasteiger partial charge in [0.1, 0.15) is 12.4 Å². The molecule has 1 aliphatic carbocycles. The molecule has 0 bridgehead atoms. The monoisotopic (exact) mass is 460 g/mol. The third-order valence-electron chi connectivity index (χ3n) is 4.85. The molecule has 2 aromatic carbocycles. The van der Waals surface area contributed by atoms with Crippen LogP contribution in [0.2, 0.25) is 15.1 Å². The number of esters is 1. The third kappa shape index (κ3) is 4.88. The van der Waals surface area contributed by atoms with E-state index < -0.39 is 12.1 Å². The summed E-state index contributed by atoms with van der Waals surface area (Å²) < 4.78 is 11.1. The molecule has 150 valence electrons. The minimum Gasteiger partial charge on any atom is -0.477 e. The number of benzene rings is 2. The highest BCUT2D eigenvalue weighted by atomic mass is 35.5. The van der Waals surface area contributed by atoms with Crippen LogP contribution in [0, 0.1) is 0 Å². The highest BCUT2D eigenvalue weighted by molar-refractivity contribution is 6.43. The number of rotatable bonds is 6. The van der Waals surface area contributed by atoms with Gasteiger partial charge in [-0.15, -0.1) is 11.6 Å². The molecule has 1 aliphatic rings. The lowest BCUT2D eigenvalue weighted by molar-refractivity contribution is -0.152. The highest BCUT2D eigenvalue weighted by Gasteiger charge is 2.21. The van der Waals surface area contributed by atoms with Crippen LogP contribution >= 0.6 is 46.4 Å². The van der Waals surface area contributed by atoms with E-state index >= 15 is 0 Å². The fraction of sp³-hybridized carbons (Fsp3) is 0.381. The van der Waals surface area contributed by atoms with E-state index in [0.717, 1.165) is 36.8 Å². The van der Waals surface area contributed by atoms with Crippen molar-refractivity contribution in [1.82, 2.24) is 0 Å². The fourth-order valence-corrected chi connectivity index (χ4v) is 4.21. The summed E-state index contributed by atoms with van der Waals surface area (Å²) in [5, 5.41) is 0.895. The van der Waals surface area contributed by atoms with Gasteiger partial charge in [0.25, 0.3) is 0 Å². The summed E-state index contributed by atoms with van der Waals surface area (Å²) in [5.41, 5.74) is 4.76. The average molecular weight is 462 g/mol. The van der Waals surface area contributed by atoms with Crippen molar-refractivity contribution in [2.75, 3.05) is 0 Å². The standard InChI is InChI=1S/C21H20Cl4O3/c1-12(28-20-9-18(24)17(23)8-19(20)25)21(26)27-11-14-7-6-13(10-22)15-4-2-3-5-16(14)15/h6-9,12H,2-5,10-11H2,1H3. The Morgan fingerprint density at radius 1 is 1.00 bits per heavy atom. The number of ether oxygens (including phenoxy) is 2. The van der Waals surface area contributed by atoms with E-state index in [0.29, 0.717) is 15.9 Å². The van der Waals surface area contributed by atoms with Gasteiger partial charge in [0, 0.05) is 11.9 Å². The van der Waals surface area contributed by atoms with Crippen molar-refractivity contribution in [1.29, 1.82) is 0 Å². The fourth-order valence-electron chi connectivity index (χ4n) is 3.38. The Labute approximate surface area is 184 Å². The lowest BCUT2D eigenvalue weighted by atomic mass is 9.85. The molecular weight excluding hydrogens is 442 g/mol. The molecule has 1 unspecified atom stereocenters. The van der Waals surface area contributed by atoms with Crippen molar-refractivity contribution in [3.8, 4) is 5.75 Å². The van der Waals surface area contributed by atoms with Crippen LogP contribution in [0.1, 0.15) is 42.0 Å². The van der Waals surface area contributed by atoms with E-state index in [1.807, 2.05) is 12.1 Å². The zero-order chi connectivity index (χ0) is 20.3. The number of fused-ring (bicyclic) bond motifs is 1. The Balaban J connectivity index is 1.66. The molecule has 28 heavy (non-hydrogen) atoms. The summed E-state index contributed by atoms with van der Waals surface area (Å²) in [4.78, 5) is 12.4. The molecular formula is C21H20Cl4O3. The minimum atomic E-state index is -0.840. The lowest BCUT2D eigenvalue weighted by Gasteiger charge is -2.22. The number of alkyl halides is 1. The maximum Gasteiger partial charge on any atom is 0.347 e. The molecule has 0 spiro atoms. The molecule has 1 atom stereocenters. The third-order valence-corrected chi connectivity index (χ3v) is 6.16. The average Bonchev–Trinajstić information content (AvgIpc) is 2.69. The van der Waals surface area contributed by atoms with Gasteiger partial charge < -0.3 is 9.47 Å². The second kappa shape index (κ2) is 9.58. The van der Waals surface area contributed by atoms with Gasteiger partial charge in [-0.05, 0) is 60.9 Å². The topological polar surface area (TPSA) is 35.5 Å². The van der Waals surface area contributed by atoms with Crippen molar-refractivity contribution >= 4 is 52.4 Å². The molecule has 0 aliphatic heterocycles. The van der Waals surface area contributed by atoms with E-state index in [1.54, 1.807) is 6.92 Å². The molecule has 0 amide bonds. The predicted octanol–water partition coefficient (Wildman–Crippen LogP) is 6.78. The van der Waals surface area contributed by atoms with Gasteiger partial charge in [0.15, 0.2) is 6.10 Å². The Bertz CT molecular complexity index is 882. The molecule has 3 rings (SSSR count). The summed E-state index contributed by atoms with van der Waals surface area (Å²) in [7, 11) is 0. The number of hydrogen-bond acceptors (Lipinski definition) is 3. The molecule has 0 fully saturated rings. The predicted molar refractivity (Wildman–Crippen MR) is 114 cm³/mol. The Morgan fingerprint density at radius 2 is 1.61 bits per heavy atom. The number of carbonyl (C=O) groups excluding carboxylic acids is 1.